The van der Waals surface area contributed by atoms with E-state index in [1.807, 2.05) is 0 Å². The molecule has 2 aromatic rings. The van der Waals surface area contributed by atoms with Crippen LogP contribution in [-0.2, 0) is 4.74 Å². The number of aromatic nitrogens is 1. The number of anilines is 1. The minimum Gasteiger partial charge on any atom is -0.461 e. The number of benzene rings is 1. The number of nitrogens with zero attached hydrogens (tertiary/aromatic N) is 1. The largest absolute Gasteiger partial charge is 0.461 e. The van der Waals surface area contributed by atoms with Gasteiger partial charge in [-0.2, -0.15) is 4.39 Å². The Hall–Kier alpha value is -3.23. The third-order valence-corrected chi connectivity index (χ3v) is 3.54. The summed E-state index contributed by atoms with van der Waals surface area (Å²) in [4.78, 5) is 37.0. The number of halogens is 1. The monoisotopic (exact) mass is 349 g/mol. The average molecular weight is 349 g/mol. The van der Waals surface area contributed by atoms with E-state index >= 15 is 0 Å². The fourth-order valence-corrected chi connectivity index (χ4v) is 2.42. The minimum absolute atomic E-state index is 0.0655. The number of nitrogens with one attached hydrogen (secondary N) is 2. The van der Waals surface area contributed by atoms with Gasteiger partial charge in [-0.15, -0.1) is 0 Å². The van der Waals surface area contributed by atoms with Crippen molar-refractivity contribution in [3.8, 4) is 0 Å². The van der Waals surface area contributed by atoms with Crippen LogP contribution in [-0.4, -0.2) is 28.4 Å². The Morgan fingerprint density at radius 2 is 2.04 bits per heavy atom. The van der Waals surface area contributed by atoms with Crippen LogP contribution in [0.25, 0.3) is 0 Å². The molecule has 1 aromatic heterocycles. The topological polar surface area (TPSA) is 114 Å². The molecule has 0 saturated carbocycles. The molecule has 2 N–H and O–H groups in total. The van der Waals surface area contributed by atoms with Gasteiger partial charge < -0.3 is 15.0 Å². The lowest BCUT2D eigenvalue weighted by atomic mass is 10.1. The number of H-pyrrole nitrogens is 1. The van der Waals surface area contributed by atoms with Gasteiger partial charge in [-0.3, -0.25) is 14.9 Å². The number of hydrogen-bond acceptors (Lipinski definition) is 5. The summed E-state index contributed by atoms with van der Waals surface area (Å²) < 4.78 is 18.3. The maximum absolute atomic E-state index is 13.4. The third-order valence-electron chi connectivity index (χ3n) is 3.54. The van der Waals surface area contributed by atoms with Gasteiger partial charge in [0.2, 0.25) is 5.82 Å². The smallest absolute Gasteiger partial charge is 0.355 e. The molecule has 132 valence electrons. The van der Waals surface area contributed by atoms with Gasteiger partial charge in [-0.25, -0.2) is 4.79 Å². The maximum Gasteiger partial charge on any atom is 0.355 e. The Morgan fingerprint density at radius 3 is 2.64 bits per heavy atom. The van der Waals surface area contributed by atoms with E-state index < -0.39 is 28.3 Å². The maximum atomic E-state index is 13.4. The van der Waals surface area contributed by atoms with Crippen LogP contribution in [0.3, 0.4) is 0 Å². The number of aromatic amines is 1. The average Bonchev–Trinajstić information content (AvgIpc) is 2.84. The molecule has 0 fully saturated rings. The molecule has 0 spiro atoms. The van der Waals surface area contributed by atoms with Crippen molar-refractivity contribution in [2.45, 2.75) is 20.8 Å². The first-order valence-electron chi connectivity index (χ1n) is 7.37. The fourth-order valence-electron chi connectivity index (χ4n) is 2.42. The highest BCUT2D eigenvalue weighted by molar-refractivity contribution is 6.08. The molecule has 9 heteroatoms. The number of nitro benzene ring substituents is 1. The van der Waals surface area contributed by atoms with Crippen molar-refractivity contribution >= 4 is 23.3 Å². The highest BCUT2D eigenvalue weighted by atomic mass is 19.1. The molecular formula is C16H16FN3O5. The van der Waals surface area contributed by atoms with E-state index in [9.17, 15) is 24.1 Å². The molecule has 0 atom stereocenters. The van der Waals surface area contributed by atoms with Crippen LogP contribution >= 0.6 is 0 Å². The van der Waals surface area contributed by atoms with Crippen molar-refractivity contribution < 1.29 is 23.6 Å². The fraction of sp³-hybridized carbons (Fsp3) is 0.250. The number of hydrogen-bond donors (Lipinski definition) is 2. The van der Waals surface area contributed by atoms with Gasteiger partial charge in [-0.05, 0) is 38.5 Å². The predicted octanol–water partition coefficient (Wildman–Crippen LogP) is 3.11. The van der Waals surface area contributed by atoms with E-state index in [4.69, 9.17) is 4.74 Å². The number of aryl methyl sites for hydroxylation is 1. The van der Waals surface area contributed by atoms with Crippen LogP contribution in [0.4, 0.5) is 15.8 Å². The molecular weight excluding hydrogens is 333 g/mol. The summed E-state index contributed by atoms with van der Waals surface area (Å²) in [7, 11) is 0. The first-order chi connectivity index (χ1) is 11.8. The van der Waals surface area contributed by atoms with Gasteiger partial charge in [0.25, 0.3) is 5.91 Å². The van der Waals surface area contributed by atoms with Crippen LogP contribution in [0.2, 0.25) is 0 Å². The highest BCUT2D eigenvalue weighted by Gasteiger charge is 2.23. The molecule has 1 aromatic carbocycles. The van der Waals surface area contributed by atoms with E-state index in [0.29, 0.717) is 11.3 Å². The summed E-state index contributed by atoms with van der Waals surface area (Å²) in [5, 5.41) is 13.2. The Kier molecular flexibility index (Phi) is 5.16. The van der Waals surface area contributed by atoms with Crippen molar-refractivity contribution in [1.82, 2.24) is 4.98 Å². The number of nitro groups is 1. The van der Waals surface area contributed by atoms with Gasteiger partial charge >= 0.3 is 11.7 Å². The number of ether oxygens (including phenoxy) is 1. The SMILES string of the molecule is CCOC(=O)c1[nH]c(C)c(C(=O)Nc2ccc(F)c([N+](=O)[O-])c2)c1C. The summed E-state index contributed by atoms with van der Waals surface area (Å²) >= 11 is 0. The number of amides is 1. The van der Waals surface area contributed by atoms with Crippen molar-refractivity contribution in [2.24, 2.45) is 0 Å². The number of esters is 1. The van der Waals surface area contributed by atoms with Crippen LogP contribution in [0, 0.1) is 29.8 Å². The summed E-state index contributed by atoms with van der Waals surface area (Å²) in [6, 6.07) is 3.04. The zero-order chi connectivity index (χ0) is 18.7. The summed E-state index contributed by atoms with van der Waals surface area (Å²) in [5.41, 5.74) is 0.535. The second-order valence-corrected chi connectivity index (χ2v) is 5.22. The van der Waals surface area contributed by atoms with Crippen LogP contribution in [0.1, 0.15) is 39.0 Å². The zero-order valence-corrected chi connectivity index (χ0v) is 13.8. The van der Waals surface area contributed by atoms with E-state index in [0.717, 1.165) is 12.1 Å². The molecule has 1 heterocycles. The molecule has 0 aliphatic carbocycles. The molecule has 0 radical (unpaired) electrons. The Balaban J connectivity index is 2.32. The van der Waals surface area contributed by atoms with Crippen LogP contribution < -0.4 is 5.32 Å². The molecule has 1 amide bonds. The van der Waals surface area contributed by atoms with Crippen LogP contribution in [0.5, 0.6) is 0 Å². The minimum atomic E-state index is -0.999. The summed E-state index contributed by atoms with van der Waals surface area (Å²) in [5.74, 6) is -2.16. The number of rotatable bonds is 5. The van der Waals surface area contributed by atoms with Gasteiger partial charge in [0.05, 0.1) is 17.1 Å². The summed E-state index contributed by atoms with van der Waals surface area (Å²) in [6.07, 6.45) is 0. The highest BCUT2D eigenvalue weighted by Crippen LogP contribution is 2.24. The molecule has 0 bridgehead atoms. The predicted molar refractivity (Wildman–Crippen MR) is 87.2 cm³/mol. The Bertz CT molecular complexity index is 860. The number of carbonyl (C=O) groups excluding carboxylic acids is 2. The van der Waals surface area contributed by atoms with Gasteiger partial charge in [0.1, 0.15) is 5.69 Å². The summed E-state index contributed by atoms with van der Waals surface area (Å²) in [6.45, 7) is 5.05. The molecule has 8 nitrogen and oxygen atoms in total. The Morgan fingerprint density at radius 1 is 1.36 bits per heavy atom. The van der Waals surface area contributed by atoms with Gasteiger partial charge in [-0.1, -0.05) is 0 Å². The molecule has 0 unspecified atom stereocenters. The van der Waals surface area contributed by atoms with E-state index in [1.54, 1.807) is 20.8 Å². The van der Waals surface area contributed by atoms with Gasteiger partial charge in [0.15, 0.2) is 0 Å². The molecule has 0 aliphatic heterocycles. The molecule has 0 aliphatic rings. The van der Waals surface area contributed by atoms with Crippen molar-refractivity contribution in [3.05, 3.63) is 56.6 Å². The van der Waals surface area contributed by atoms with Crippen molar-refractivity contribution in [2.75, 3.05) is 11.9 Å². The van der Waals surface area contributed by atoms with E-state index in [2.05, 4.69) is 10.3 Å². The van der Waals surface area contributed by atoms with Crippen molar-refractivity contribution in [1.29, 1.82) is 0 Å². The quantitative estimate of drug-likeness (QED) is 0.489. The second kappa shape index (κ2) is 7.12. The number of carbonyl (C=O) groups is 2. The van der Waals surface area contributed by atoms with Crippen LogP contribution in [0.15, 0.2) is 18.2 Å². The molecule has 2 rings (SSSR count). The zero-order valence-electron chi connectivity index (χ0n) is 13.8. The first-order valence-corrected chi connectivity index (χ1v) is 7.37. The second-order valence-electron chi connectivity index (χ2n) is 5.22. The normalized spacial score (nSPS) is 10.4. The van der Waals surface area contributed by atoms with E-state index in [-0.39, 0.29) is 23.6 Å². The van der Waals surface area contributed by atoms with Gasteiger partial charge in [0, 0.05) is 17.4 Å². The standard InChI is InChI=1S/C16H16FN3O5/c1-4-25-16(22)14-8(2)13(9(3)18-14)15(21)19-10-5-6-11(17)12(7-10)20(23)24/h5-7,18H,4H2,1-3H3,(H,19,21). The Labute approximate surface area is 142 Å². The lowest BCUT2D eigenvalue weighted by Crippen LogP contribution is -2.14. The van der Waals surface area contributed by atoms with Crippen molar-refractivity contribution in [3.63, 3.8) is 0 Å². The lowest BCUT2D eigenvalue weighted by Gasteiger charge is -2.06. The first kappa shape index (κ1) is 18.1. The molecule has 25 heavy (non-hydrogen) atoms. The van der Waals surface area contributed by atoms with E-state index in [1.165, 1.54) is 6.07 Å². The third kappa shape index (κ3) is 3.65. The molecule has 0 saturated heterocycles. The lowest BCUT2D eigenvalue weighted by molar-refractivity contribution is -0.387.